The van der Waals surface area contributed by atoms with Crippen LogP contribution in [-0.4, -0.2) is 24.2 Å². The first kappa shape index (κ1) is 21.2. The van der Waals surface area contributed by atoms with Crippen molar-refractivity contribution in [2.45, 2.75) is 22.6 Å². The summed E-state index contributed by atoms with van der Waals surface area (Å²) in [5.74, 6) is 0.526. The second-order valence-electron chi connectivity index (χ2n) is 7.01. The van der Waals surface area contributed by atoms with E-state index in [1.165, 1.54) is 6.20 Å². The van der Waals surface area contributed by atoms with Crippen molar-refractivity contribution in [2.24, 2.45) is 4.99 Å². The summed E-state index contributed by atoms with van der Waals surface area (Å²) in [4.78, 5) is 13.0. The van der Waals surface area contributed by atoms with Crippen LogP contribution >= 0.6 is 0 Å². The molecule has 0 spiro atoms. The fraction of sp³-hybridized carbons (Fsp3) is 0.0833. The van der Waals surface area contributed by atoms with Gasteiger partial charge in [0, 0.05) is 30.4 Å². The van der Waals surface area contributed by atoms with Gasteiger partial charge in [0.1, 0.15) is 5.84 Å². The molecule has 0 bridgehead atoms. The first-order valence-electron chi connectivity index (χ1n) is 9.88. The van der Waals surface area contributed by atoms with E-state index in [1.807, 2.05) is 30.5 Å². The van der Waals surface area contributed by atoms with Crippen LogP contribution in [0.25, 0.3) is 10.9 Å². The third-order valence-electron chi connectivity index (χ3n) is 4.89. The van der Waals surface area contributed by atoms with E-state index in [2.05, 4.69) is 20.3 Å². The number of hydrogen-bond acceptors (Lipinski definition) is 6. The average molecular weight is 442 g/mol. The van der Waals surface area contributed by atoms with Crippen LogP contribution in [-0.2, 0) is 16.3 Å². The number of pyridine rings is 2. The minimum atomic E-state index is -3.68. The Morgan fingerprint density at radius 3 is 2.50 bits per heavy atom. The van der Waals surface area contributed by atoms with Gasteiger partial charge in [-0.1, -0.05) is 30.3 Å². The molecule has 2 heterocycles. The van der Waals surface area contributed by atoms with Crippen molar-refractivity contribution in [3.63, 3.8) is 0 Å². The van der Waals surface area contributed by atoms with Crippen molar-refractivity contribution < 1.29 is 8.42 Å². The van der Waals surface area contributed by atoms with E-state index >= 15 is 0 Å². The monoisotopic (exact) mass is 441 g/mol. The van der Waals surface area contributed by atoms with Gasteiger partial charge in [0.05, 0.1) is 21.0 Å². The number of nitrogens with one attached hydrogen (secondary N) is 1. The number of rotatable bonds is 6. The second kappa shape index (κ2) is 9.37. The number of benzene rings is 2. The number of hydrogen-bond donors (Lipinski definition) is 1. The summed E-state index contributed by atoms with van der Waals surface area (Å²) in [6, 6.07) is 19.3. The van der Waals surface area contributed by atoms with Crippen LogP contribution in [0.4, 0.5) is 5.69 Å². The van der Waals surface area contributed by atoms with Gasteiger partial charge in [-0.15, -0.1) is 0 Å². The largest absolute Gasteiger partial charge is 0.280 e. The van der Waals surface area contributed by atoms with Crippen molar-refractivity contribution in [1.82, 2.24) is 15.3 Å². The lowest BCUT2D eigenvalue weighted by Crippen LogP contribution is -2.18. The van der Waals surface area contributed by atoms with Crippen LogP contribution < -0.4 is 5.32 Å². The summed E-state index contributed by atoms with van der Waals surface area (Å²) < 4.78 is 26.1. The Hall–Kier alpha value is -4.09. The predicted octanol–water partition coefficient (Wildman–Crippen LogP) is 4.20. The second-order valence-corrected chi connectivity index (χ2v) is 8.96. The van der Waals surface area contributed by atoms with E-state index < -0.39 is 9.84 Å². The molecule has 8 heteroatoms. The van der Waals surface area contributed by atoms with E-state index in [1.54, 1.807) is 54.9 Å². The Morgan fingerprint density at radius 1 is 1.00 bits per heavy atom. The lowest BCUT2D eigenvalue weighted by atomic mass is 10.1. The first-order valence-corrected chi connectivity index (χ1v) is 11.4. The molecular weight excluding hydrogens is 422 g/mol. The number of aryl methyl sites for hydroxylation is 1. The van der Waals surface area contributed by atoms with Crippen LogP contribution in [0, 0.1) is 11.5 Å². The van der Waals surface area contributed by atoms with Crippen molar-refractivity contribution in [3.05, 3.63) is 90.9 Å². The Morgan fingerprint density at radius 2 is 1.75 bits per heavy atom. The molecule has 0 fully saturated rings. The van der Waals surface area contributed by atoms with E-state index in [0.717, 1.165) is 16.5 Å². The van der Waals surface area contributed by atoms with Gasteiger partial charge in [-0.05, 0) is 48.4 Å². The van der Waals surface area contributed by atoms with Crippen molar-refractivity contribution in [1.29, 1.82) is 5.26 Å². The lowest BCUT2D eigenvalue weighted by molar-refractivity contribution is 0.596. The standard InChI is InChI=1S/C24H19N5O2S/c25-17-28-24(29-20-11-13-26-14-12-20)10-7-18-5-8-21(9-6-18)32(30,31)22-15-19-3-1-2-4-23(19)27-16-22/h1-6,8-9,11-16H,7,10H2,(H,26,28,29). The van der Waals surface area contributed by atoms with E-state index in [4.69, 9.17) is 5.26 Å². The quantitative estimate of drug-likeness (QED) is 0.208. The van der Waals surface area contributed by atoms with Gasteiger partial charge in [-0.2, -0.15) is 5.26 Å². The molecular formula is C24H19N5O2S. The number of nitrogens with zero attached hydrogens (tertiary/aromatic N) is 4. The van der Waals surface area contributed by atoms with Gasteiger partial charge in [0.15, 0.2) is 6.19 Å². The zero-order valence-corrected chi connectivity index (χ0v) is 17.8. The summed E-state index contributed by atoms with van der Waals surface area (Å²) in [7, 11) is -3.68. The first-order chi connectivity index (χ1) is 15.6. The highest BCUT2D eigenvalue weighted by Gasteiger charge is 2.18. The van der Waals surface area contributed by atoms with Gasteiger partial charge in [-0.25, -0.2) is 13.4 Å². The molecule has 0 aliphatic heterocycles. The molecule has 32 heavy (non-hydrogen) atoms. The molecule has 0 saturated heterocycles. The number of fused-ring (bicyclic) bond motifs is 1. The summed E-state index contributed by atoms with van der Waals surface area (Å²) in [5.41, 5.74) is 2.38. The third-order valence-corrected chi connectivity index (χ3v) is 6.62. The molecule has 0 aliphatic rings. The van der Waals surface area contributed by atoms with Crippen molar-refractivity contribution in [3.8, 4) is 6.19 Å². The number of amidine groups is 1. The summed E-state index contributed by atoms with van der Waals surface area (Å²) in [6.45, 7) is 0. The van der Waals surface area contributed by atoms with Crippen LogP contribution in [0.15, 0.2) is 100 Å². The third kappa shape index (κ3) is 4.79. The molecule has 1 N–H and O–H groups in total. The van der Waals surface area contributed by atoms with Crippen molar-refractivity contribution >= 4 is 32.3 Å². The molecule has 0 radical (unpaired) electrons. The van der Waals surface area contributed by atoms with Gasteiger partial charge in [0.2, 0.25) is 9.84 Å². The maximum Gasteiger partial charge on any atom is 0.208 e. The van der Waals surface area contributed by atoms with Crippen LogP contribution in [0.1, 0.15) is 12.0 Å². The molecule has 0 amide bonds. The molecule has 0 aliphatic carbocycles. The fourth-order valence-corrected chi connectivity index (χ4v) is 4.46. The van der Waals surface area contributed by atoms with Crippen LogP contribution in [0.5, 0.6) is 0 Å². The highest BCUT2D eigenvalue weighted by molar-refractivity contribution is 7.91. The number of sulfone groups is 1. The Bertz CT molecular complexity index is 1410. The summed E-state index contributed by atoms with van der Waals surface area (Å²) in [5, 5.41) is 12.4. The summed E-state index contributed by atoms with van der Waals surface area (Å²) in [6.07, 6.45) is 7.65. The van der Waals surface area contributed by atoms with Gasteiger partial charge >= 0.3 is 0 Å². The average Bonchev–Trinajstić information content (AvgIpc) is 2.83. The molecule has 7 nitrogen and oxygen atoms in total. The maximum atomic E-state index is 13.0. The SMILES string of the molecule is N#CNC(CCc1ccc(S(=O)(=O)c2cnc3ccccc3c2)cc1)=Nc1ccncc1. The zero-order chi connectivity index (χ0) is 22.4. The molecule has 2 aromatic carbocycles. The topological polar surface area (TPSA) is 108 Å². The Balaban J connectivity index is 1.50. The Labute approximate surface area is 186 Å². The number of aliphatic imine (C=N–C) groups is 1. The molecule has 0 unspecified atom stereocenters. The molecule has 158 valence electrons. The minimum Gasteiger partial charge on any atom is -0.280 e. The Kier molecular flexibility index (Phi) is 6.19. The van der Waals surface area contributed by atoms with Gasteiger partial charge in [0.25, 0.3) is 0 Å². The zero-order valence-electron chi connectivity index (χ0n) is 17.0. The lowest BCUT2D eigenvalue weighted by Gasteiger charge is -2.08. The maximum absolute atomic E-state index is 13.0. The van der Waals surface area contributed by atoms with Crippen LogP contribution in [0.3, 0.4) is 0 Å². The van der Waals surface area contributed by atoms with Gasteiger partial charge < -0.3 is 0 Å². The summed E-state index contributed by atoms with van der Waals surface area (Å²) >= 11 is 0. The smallest absolute Gasteiger partial charge is 0.208 e. The van der Waals surface area contributed by atoms with Gasteiger partial charge in [-0.3, -0.25) is 15.3 Å². The minimum absolute atomic E-state index is 0.161. The fourth-order valence-electron chi connectivity index (χ4n) is 3.22. The molecule has 2 aromatic heterocycles. The number of para-hydroxylation sites is 1. The number of nitriles is 1. The van der Waals surface area contributed by atoms with E-state index in [-0.39, 0.29) is 9.79 Å². The van der Waals surface area contributed by atoms with E-state index in [0.29, 0.717) is 24.4 Å². The highest BCUT2D eigenvalue weighted by Crippen LogP contribution is 2.24. The molecule has 0 atom stereocenters. The number of aromatic nitrogens is 2. The molecule has 4 aromatic rings. The van der Waals surface area contributed by atoms with E-state index in [9.17, 15) is 8.42 Å². The normalized spacial score (nSPS) is 11.8. The predicted molar refractivity (Wildman–Crippen MR) is 122 cm³/mol. The van der Waals surface area contributed by atoms with Crippen molar-refractivity contribution in [2.75, 3.05) is 0 Å². The highest BCUT2D eigenvalue weighted by atomic mass is 32.2. The van der Waals surface area contributed by atoms with Crippen LogP contribution in [0.2, 0.25) is 0 Å². The molecule has 0 saturated carbocycles. The molecule has 4 rings (SSSR count).